The van der Waals surface area contributed by atoms with Crippen molar-refractivity contribution in [3.8, 4) is 17.6 Å². The summed E-state index contributed by atoms with van der Waals surface area (Å²) >= 11 is 0. The maximum Gasteiger partial charge on any atom is 0.261 e. The van der Waals surface area contributed by atoms with Gasteiger partial charge in [-0.1, -0.05) is 0 Å². The molecule has 6 nitrogen and oxygen atoms in total. The van der Waals surface area contributed by atoms with Gasteiger partial charge in [0.2, 0.25) is 0 Å². The van der Waals surface area contributed by atoms with E-state index in [9.17, 15) is 10.1 Å². The Balaban J connectivity index is 2.20. The van der Waals surface area contributed by atoms with E-state index in [0.717, 1.165) is 17.7 Å². The molecule has 2 rings (SSSR count). The van der Waals surface area contributed by atoms with Crippen molar-refractivity contribution in [2.75, 3.05) is 27.4 Å². The zero-order chi connectivity index (χ0) is 17.5. The summed E-state index contributed by atoms with van der Waals surface area (Å²) < 4.78 is 16.0. The molecule has 1 aromatic rings. The third-order valence-electron chi connectivity index (χ3n) is 3.72. The van der Waals surface area contributed by atoms with E-state index in [4.69, 9.17) is 14.2 Å². The van der Waals surface area contributed by atoms with Crippen molar-refractivity contribution in [1.82, 2.24) is 5.32 Å². The second kappa shape index (κ2) is 8.37. The van der Waals surface area contributed by atoms with E-state index >= 15 is 0 Å². The first-order chi connectivity index (χ1) is 11.6. The number of nitrogens with one attached hydrogen (secondary N) is 1. The number of methoxy groups -OCH3 is 2. The Hall–Kier alpha value is -2.52. The molecule has 0 saturated carbocycles. The van der Waals surface area contributed by atoms with Crippen LogP contribution in [0.5, 0.6) is 11.5 Å². The average molecular weight is 330 g/mol. The standard InChI is InChI=1S/C18H22N2O4/c1-12-7-13-9-16(23-3)14(10-17(13)24-12)8-15(11-19)18(21)20-5-4-6-22-2/h8-10,12H,4-7H2,1-3H3,(H,20,21)/b15-8+. The molecule has 1 aliphatic rings. The van der Waals surface area contributed by atoms with Crippen molar-refractivity contribution in [3.63, 3.8) is 0 Å². The molecule has 0 fully saturated rings. The van der Waals surface area contributed by atoms with E-state index in [-0.39, 0.29) is 11.7 Å². The van der Waals surface area contributed by atoms with Gasteiger partial charge in [-0.25, -0.2) is 0 Å². The van der Waals surface area contributed by atoms with Crippen molar-refractivity contribution in [2.45, 2.75) is 25.9 Å². The third kappa shape index (κ3) is 4.27. The van der Waals surface area contributed by atoms with Crippen LogP contribution >= 0.6 is 0 Å². The number of nitriles is 1. The highest BCUT2D eigenvalue weighted by molar-refractivity contribution is 6.02. The fourth-order valence-corrected chi connectivity index (χ4v) is 2.56. The van der Waals surface area contributed by atoms with Crippen LogP contribution in [0.3, 0.4) is 0 Å². The molecule has 128 valence electrons. The van der Waals surface area contributed by atoms with Crippen LogP contribution in [0.15, 0.2) is 17.7 Å². The van der Waals surface area contributed by atoms with Gasteiger partial charge < -0.3 is 19.5 Å². The maximum atomic E-state index is 12.1. The van der Waals surface area contributed by atoms with Gasteiger partial charge in [-0.05, 0) is 31.6 Å². The molecule has 1 aliphatic heterocycles. The number of ether oxygens (including phenoxy) is 3. The number of amides is 1. The molecular weight excluding hydrogens is 308 g/mol. The minimum absolute atomic E-state index is 0.0247. The molecule has 0 spiro atoms. The zero-order valence-corrected chi connectivity index (χ0v) is 14.2. The van der Waals surface area contributed by atoms with Crippen molar-refractivity contribution in [2.24, 2.45) is 0 Å². The largest absolute Gasteiger partial charge is 0.496 e. The Kier molecular flexibility index (Phi) is 6.21. The normalized spacial score (nSPS) is 16.1. The van der Waals surface area contributed by atoms with Gasteiger partial charge in [-0.2, -0.15) is 5.26 Å². The summed E-state index contributed by atoms with van der Waals surface area (Å²) in [6, 6.07) is 5.65. The lowest BCUT2D eigenvalue weighted by molar-refractivity contribution is -0.117. The molecule has 1 heterocycles. The molecule has 0 saturated heterocycles. The van der Waals surface area contributed by atoms with Gasteiger partial charge in [-0.15, -0.1) is 0 Å². The lowest BCUT2D eigenvalue weighted by atomic mass is 10.0. The van der Waals surface area contributed by atoms with E-state index in [1.165, 1.54) is 6.08 Å². The van der Waals surface area contributed by atoms with Gasteiger partial charge in [0.15, 0.2) is 0 Å². The number of fused-ring (bicyclic) bond motifs is 1. The third-order valence-corrected chi connectivity index (χ3v) is 3.72. The molecule has 1 amide bonds. The monoisotopic (exact) mass is 330 g/mol. The Morgan fingerprint density at radius 3 is 2.96 bits per heavy atom. The zero-order valence-electron chi connectivity index (χ0n) is 14.2. The highest BCUT2D eigenvalue weighted by Crippen LogP contribution is 2.35. The summed E-state index contributed by atoms with van der Waals surface area (Å²) in [6.45, 7) is 3.00. The molecule has 1 unspecified atom stereocenters. The molecule has 6 heteroatoms. The SMILES string of the molecule is COCCCNC(=O)/C(C#N)=C/c1cc2c(cc1OC)CC(C)O2. The maximum absolute atomic E-state index is 12.1. The fourth-order valence-electron chi connectivity index (χ4n) is 2.56. The highest BCUT2D eigenvalue weighted by atomic mass is 16.5. The van der Waals surface area contributed by atoms with Crippen molar-refractivity contribution in [1.29, 1.82) is 5.26 Å². The highest BCUT2D eigenvalue weighted by Gasteiger charge is 2.21. The first kappa shape index (κ1) is 17.8. The molecule has 0 aliphatic carbocycles. The van der Waals surface area contributed by atoms with Gasteiger partial charge in [0, 0.05) is 37.8 Å². The Morgan fingerprint density at radius 2 is 2.29 bits per heavy atom. The Labute approximate surface area is 142 Å². The quantitative estimate of drug-likeness (QED) is 0.470. The van der Waals surface area contributed by atoms with Crippen LogP contribution in [0.25, 0.3) is 6.08 Å². The van der Waals surface area contributed by atoms with Crippen LogP contribution in [-0.2, 0) is 16.0 Å². The average Bonchev–Trinajstić information content (AvgIpc) is 2.94. The second-order valence-electron chi connectivity index (χ2n) is 5.61. The van der Waals surface area contributed by atoms with E-state index in [1.807, 2.05) is 25.1 Å². The predicted molar refractivity (Wildman–Crippen MR) is 89.9 cm³/mol. The Morgan fingerprint density at radius 1 is 1.50 bits per heavy atom. The first-order valence-electron chi connectivity index (χ1n) is 7.85. The van der Waals surface area contributed by atoms with Gasteiger partial charge >= 0.3 is 0 Å². The topological polar surface area (TPSA) is 80.6 Å². The Bertz CT molecular complexity index is 676. The summed E-state index contributed by atoms with van der Waals surface area (Å²) in [4.78, 5) is 12.1. The number of rotatable bonds is 7. The van der Waals surface area contributed by atoms with Gasteiger partial charge in [-0.3, -0.25) is 4.79 Å². The summed E-state index contributed by atoms with van der Waals surface area (Å²) in [5, 5.41) is 12.0. The van der Waals surface area contributed by atoms with Crippen LogP contribution in [-0.4, -0.2) is 39.4 Å². The van der Waals surface area contributed by atoms with E-state index < -0.39 is 5.91 Å². The first-order valence-corrected chi connectivity index (χ1v) is 7.85. The molecular formula is C18H22N2O4. The van der Waals surface area contributed by atoms with E-state index in [2.05, 4.69) is 5.32 Å². The smallest absolute Gasteiger partial charge is 0.261 e. The number of carbonyl (C=O) groups is 1. The summed E-state index contributed by atoms with van der Waals surface area (Å²) in [6.07, 6.45) is 3.15. The molecule has 1 aromatic carbocycles. The number of benzene rings is 1. The number of hydrogen-bond donors (Lipinski definition) is 1. The summed E-state index contributed by atoms with van der Waals surface area (Å²) in [5.41, 5.74) is 1.74. The van der Waals surface area contributed by atoms with E-state index in [1.54, 1.807) is 14.2 Å². The van der Waals surface area contributed by atoms with Crippen molar-refractivity contribution < 1.29 is 19.0 Å². The van der Waals surface area contributed by atoms with Crippen LogP contribution < -0.4 is 14.8 Å². The van der Waals surface area contributed by atoms with Crippen LogP contribution in [0.4, 0.5) is 0 Å². The molecule has 24 heavy (non-hydrogen) atoms. The number of carbonyl (C=O) groups excluding carboxylic acids is 1. The number of hydrogen-bond acceptors (Lipinski definition) is 5. The van der Waals surface area contributed by atoms with Crippen LogP contribution in [0.1, 0.15) is 24.5 Å². The van der Waals surface area contributed by atoms with Crippen LogP contribution in [0.2, 0.25) is 0 Å². The second-order valence-corrected chi connectivity index (χ2v) is 5.61. The molecule has 1 N–H and O–H groups in total. The lowest BCUT2D eigenvalue weighted by Gasteiger charge is -2.09. The van der Waals surface area contributed by atoms with Crippen molar-refractivity contribution >= 4 is 12.0 Å². The molecule has 0 aromatic heterocycles. The molecule has 0 radical (unpaired) electrons. The van der Waals surface area contributed by atoms with Crippen molar-refractivity contribution in [3.05, 3.63) is 28.8 Å². The summed E-state index contributed by atoms with van der Waals surface area (Å²) in [5.74, 6) is 0.976. The van der Waals surface area contributed by atoms with Gasteiger partial charge in [0.1, 0.15) is 29.2 Å². The minimum Gasteiger partial charge on any atom is -0.496 e. The van der Waals surface area contributed by atoms with E-state index in [0.29, 0.717) is 30.9 Å². The van der Waals surface area contributed by atoms with Gasteiger partial charge in [0.25, 0.3) is 5.91 Å². The van der Waals surface area contributed by atoms with Crippen LogP contribution in [0, 0.1) is 11.3 Å². The minimum atomic E-state index is -0.412. The molecule has 0 bridgehead atoms. The number of nitrogens with zero attached hydrogens (tertiary/aromatic N) is 1. The summed E-state index contributed by atoms with van der Waals surface area (Å²) in [7, 11) is 3.17. The molecule has 1 atom stereocenters. The predicted octanol–water partition coefficient (Wildman–Crippen LogP) is 2.08. The lowest BCUT2D eigenvalue weighted by Crippen LogP contribution is -2.26. The van der Waals surface area contributed by atoms with Gasteiger partial charge in [0.05, 0.1) is 7.11 Å². The fraction of sp³-hybridized carbons (Fsp3) is 0.444.